The zero-order valence-corrected chi connectivity index (χ0v) is 18.5. The Hall–Kier alpha value is -1.95. The summed E-state index contributed by atoms with van der Waals surface area (Å²) in [6, 6.07) is 4.35. The number of rotatable bonds is 8. The molecule has 154 valence electrons. The molecule has 11 heteroatoms. The van der Waals surface area contributed by atoms with Crippen molar-refractivity contribution in [3.63, 3.8) is 0 Å². The Morgan fingerprint density at radius 2 is 2.07 bits per heavy atom. The van der Waals surface area contributed by atoms with Crippen molar-refractivity contribution in [3.05, 3.63) is 33.9 Å². The summed E-state index contributed by atoms with van der Waals surface area (Å²) in [5.41, 5.74) is 1.53. The zero-order chi connectivity index (χ0) is 21.1. The number of amides is 1. The second-order valence-corrected chi connectivity index (χ2v) is 8.46. The third kappa shape index (κ3) is 4.54. The highest BCUT2D eigenvalue weighted by atomic mass is 79.9. The summed E-state index contributed by atoms with van der Waals surface area (Å²) in [5.74, 6) is -0.275. The molecule has 0 aliphatic carbocycles. The predicted molar refractivity (Wildman–Crippen MR) is 107 cm³/mol. The number of aromatic nitrogens is 1. The van der Waals surface area contributed by atoms with Crippen LogP contribution in [-0.4, -0.2) is 39.6 Å². The van der Waals surface area contributed by atoms with Crippen molar-refractivity contribution in [3.8, 4) is 0 Å². The van der Waals surface area contributed by atoms with Gasteiger partial charge in [0.1, 0.15) is 4.90 Å². The Morgan fingerprint density at radius 1 is 1.39 bits per heavy atom. The van der Waals surface area contributed by atoms with Gasteiger partial charge in [0, 0.05) is 36.4 Å². The topological polar surface area (TPSA) is 111 Å². The molecule has 0 radical (unpaired) electrons. The summed E-state index contributed by atoms with van der Waals surface area (Å²) in [5, 5.41) is 6.44. The molecule has 1 atom stereocenters. The van der Waals surface area contributed by atoms with E-state index in [0.717, 1.165) is 4.31 Å². The van der Waals surface area contributed by atoms with E-state index in [4.69, 9.17) is 14.0 Å². The minimum atomic E-state index is -4.18. The van der Waals surface area contributed by atoms with Crippen LogP contribution in [0.2, 0.25) is 0 Å². The molecule has 0 aliphatic heterocycles. The van der Waals surface area contributed by atoms with Crippen LogP contribution in [0.4, 0.5) is 11.6 Å². The molecule has 1 unspecified atom stereocenters. The standard InChI is InChI=1S/C17H22BrN3O6S/c1-6-26-17(25-5)21(16-10(2)11(3)20-27-16)28(23,24)15-8-7-13(9-14(15)18)19-12(4)22/h7-9,17H,6H2,1-5H3,(H,19,22). The van der Waals surface area contributed by atoms with Crippen molar-refractivity contribution in [2.24, 2.45) is 0 Å². The van der Waals surface area contributed by atoms with Crippen LogP contribution in [0.5, 0.6) is 0 Å². The molecule has 0 aliphatic rings. The normalized spacial score (nSPS) is 12.6. The molecule has 0 spiro atoms. The fourth-order valence-electron chi connectivity index (χ4n) is 2.40. The molecule has 1 N–H and O–H groups in total. The smallest absolute Gasteiger partial charge is 0.271 e. The van der Waals surface area contributed by atoms with Gasteiger partial charge in [-0.2, -0.15) is 4.31 Å². The summed E-state index contributed by atoms with van der Waals surface area (Å²) in [6.07, 6.45) is -1.26. The minimum Gasteiger partial charge on any atom is -0.338 e. The van der Waals surface area contributed by atoms with E-state index in [1.807, 2.05) is 0 Å². The second-order valence-electron chi connectivity index (χ2n) is 5.82. The molecule has 1 aromatic carbocycles. The molecular formula is C17H22BrN3O6S. The van der Waals surface area contributed by atoms with Crippen molar-refractivity contribution in [2.75, 3.05) is 23.3 Å². The van der Waals surface area contributed by atoms with Gasteiger partial charge in [0.15, 0.2) is 0 Å². The third-order valence-corrected chi connectivity index (χ3v) is 6.51. The predicted octanol–water partition coefficient (Wildman–Crippen LogP) is 3.17. The van der Waals surface area contributed by atoms with E-state index in [0.29, 0.717) is 16.9 Å². The molecule has 1 aromatic heterocycles. The fraction of sp³-hybridized carbons (Fsp3) is 0.412. The number of carbonyl (C=O) groups excluding carboxylic acids is 1. The monoisotopic (exact) mass is 475 g/mol. The van der Waals surface area contributed by atoms with Gasteiger partial charge in [-0.05, 0) is 54.9 Å². The molecule has 0 bridgehead atoms. The quantitative estimate of drug-likeness (QED) is 0.583. The van der Waals surface area contributed by atoms with Gasteiger partial charge >= 0.3 is 0 Å². The van der Waals surface area contributed by atoms with Gasteiger partial charge in [-0.15, -0.1) is 0 Å². The van der Waals surface area contributed by atoms with Crippen LogP contribution in [-0.2, 0) is 24.3 Å². The highest BCUT2D eigenvalue weighted by molar-refractivity contribution is 9.10. The molecule has 0 saturated heterocycles. The number of sulfonamides is 1. The number of anilines is 2. The minimum absolute atomic E-state index is 0.00404. The lowest BCUT2D eigenvalue weighted by atomic mass is 10.3. The van der Waals surface area contributed by atoms with E-state index < -0.39 is 16.4 Å². The van der Waals surface area contributed by atoms with Crippen LogP contribution < -0.4 is 9.62 Å². The Kier molecular flexibility index (Phi) is 7.21. The van der Waals surface area contributed by atoms with Gasteiger partial charge in [-0.3, -0.25) is 4.79 Å². The zero-order valence-electron chi connectivity index (χ0n) is 16.1. The van der Waals surface area contributed by atoms with Crippen LogP contribution in [0.1, 0.15) is 25.1 Å². The van der Waals surface area contributed by atoms with Crippen LogP contribution in [0.15, 0.2) is 32.1 Å². The largest absolute Gasteiger partial charge is 0.338 e. The molecule has 2 aromatic rings. The Labute approximate surface area is 172 Å². The maximum absolute atomic E-state index is 13.5. The number of hydrogen-bond donors (Lipinski definition) is 1. The summed E-state index contributed by atoms with van der Waals surface area (Å²) in [6.45, 7) is 6.68. The highest BCUT2D eigenvalue weighted by Gasteiger charge is 2.38. The van der Waals surface area contributed by atoms with E-state index in [1.165, 1.54) is 32.2 Å². The SMILES string of the molecule is CCOC(OC)N(c1onc(C)c1C)S(=O)(=O)c1ccc(NC(C)=O)cc1Br. The number of nitrogens with zero attached hydrogens (tertiary/aromatic N) is 2. The molecule has 28 heavy (non-hydrogen) atoms. The average Bonchev–Trinajstić information content (AvgIpc) is 2.92. The molecule has 1 amide bonds. The van der Waals surface area contributed by atoms with Crippen molar-refractivity contribution >= 4 is 43.4 Å². The van der Waals surface area contributed by atoms with Gasteiger partial charge in [0.2, 0.25) is 11.8 Å². The lowest BCUT2D eigenvalue weighted by molar-refractivity contribution is -0.114. The van der Waals surface area contributed by atoms with Gasteiger partial charge in [0.05, 0.1) is 5.69 Å². The van der Waals surface area contributed by atoms with Crippen molar-refractivity contribution in [2.45, 2.75) is 39.0 Å². The number of halogens is 1. The Bertz CT molecular complexity index is 960. The first-order valence-corrected chi connectivity index (χ1v) is 10.6. The summed E-state index contributed by atoms with van der Waals surface area (Å²) >= 11 is 3.26. The molecule has 0 saturated carbocycles. The number of nitrogens with one attached hydrogen (secondary N) is 1. The van der Waals surface area contributed by atoms with E-state index >= 15 is 0 Å². The summed E-state index contributed by atoms with van der Waals surface area (Å²) in [7, 11) is -2.85. The van der Waals surface area contributed by atoms with Gasteiger partial charge in [-0.25, -0.2) is 8.42 Å². The van der Waals surface area contributed by atoms with E-state index in [9.17, 15) is 13.2 Å². The molecule has 2 rings (SSSR count). The van der Waals surface area contributed by atoms with E-state index in [2.05, 4.69) is 26.4 Å². The van der Waals surface area contributed by atoms with Crippen LogP contribution in [0.3, 0.4) is 0 Å². The highest BCUT2D eigenvalue weighted by Crippen LogP contribution is 2.34. The molecule has 9 nitrogen and oxygen atoms in total. The number of aryl methyl sites for hydroxylation is 1. The molecular weight excluding hydrogens is 454 g/mol. The van der Waals surface area contributed by atoms with Crippen LogP contribution in [0, 0.1) is 13.8 Å². The van der Waals surface area contributed by atoms with Gasteiger partial charge in [0.25, 0.3) is 16.4 Å². The molecule has 0 fully saturated rings. The Morgan fingerprint density at radius 3 is 2.54 bits per heavy atom. The van der Waals surface area contributed by atoms with E-state index in [1.54, 1.807) is 20.8 Å². The van der Waals surface area contributed by atoms with Crippen LogP contribution in [0.25, 0.3) is 0 Å². The number of hydrogen-bond acceptors (Lipinski definition) is 7. The first-order valence-electron chi connectivity index (χ1n) is 8.32. The second kappa shape index (κ2) is 9.03. The van der Waals surface area contributed by atoms with Crippen molar-refractivity contribution < 1.29 is 27.2 Å². The maximum Gasteiger partial charge on any atom is 0.271 e. The van der Waals surface area contributed by atoms with E-state index in [-0.39, 0.29) is 27.8 Å². The lowest BCUT2D eigenvalue weighted by Crippen LogP contribution is -2.43. The molecule has 1 heterocycles. The average molecular weight is 476 g/mol. The maximum atomic E-state index is 13.5. The summed E-state index contributed by atoms with van der Waals surface area (Å²) in [4.78, 5) is 11.2. The lowest BCUT2D eigenvalue weighted by Gasteiger charge is -2.29. The first kappa shape index (κ1) is 22.3. The van der Waals surface area contributed by atoms with Crippen LogP contribution >= 0.6 is 15.9 Å². The number of carbonyl (C=O) groups is 1. The number of methoxy groups -OCH3 is 1. The van der Waals surface area contributed by atoms with Gasteiger partial charge < -0.3 is 19.3 Å². The summed E-state index contributed by atoms with van der Waals surface area (Å²) < 4.78 is 44.1. The van der Waals surface area contributed by atoms with Crippen molar-refractivity contribution in [1.82, 2.24) is 5.16 Å². The fourth-order valence-corrected chi connectivity index (χ4v) is 4.91. The Balaban J connectivity index is 2.61. The van der Waals surface area contributed by atoms with Crippen molar-refractivity contribution in [1.29, 1.82) is 0 Å². The number of ether oxygens (including phenoxy) is 2. The first-order chi connectivity index (χ1) is 13.1. The third-order valence-electron chi connectivity index (χ3n) is 3.82. The number of benzene rings is 1. The van der Waals surface area contributed by atoms with Gasteiger partial charge in [-0.1, -0.05) is 5.16 Å².